The van der Waals surface area contributed by atoms with E-state index in [0.717, 1.165) is 0 Å². The number of nitro groups is 1. The lowest BCUT2D eigenvalue weighted by atomic mass is 10.0. The first-order chi connectivity index (χ1) is 13.7. The van der Waals surface area contributed by atoms with Crippen molar-refractivity contribution in [3.8, 4) is 0 Å². The molecular weight excluding hydrogens is 419 g/mol. The zero-order valence-electron chi connectivity index (χ0n) is 15.3. The summed E-state index contributed by atoms with van der Waals surface area (Å²) in [6, 6.07) is 10.4. The molecule has 0 aromatic heterocycles. The molecule has 0 saturated carbocycles. The fourth-order valence-electron chi connectivity index (χ4n) is 3.02. The average Bonchev–Trinajstić information content (AvgIpc) is 2.92. The monoisotopic (exact) mass is 432 g/mol. The van der Waals surface area contributed by atoms with Crippen molar-refractivity contribution >= 4 is 52.5 Å². The largest absolute Gasteiger partial charge is 0.465 e. The van der Waals surface area contributed by atoms with Crippen LogP contribution in [0.2, 0.25) is 10.0 Å². The quantitative estimate of drug-likeness (QED) is 0.300. The number of carbonyl (C=O) groups is 2. The molecule has 7 nitrogen and oxygen atoms in total. The zero-order valence-corrected chi connectivity index (χ0v) is 16.8. The highest BCUT2D eigenvalue weighted by Crippen LogP contribution is 2.37. The number of rotatable bonds is 4. The highest BCUT2D eigenvalue weighted by atomic mass is 35.5. The summed E-state index contributed by atoms with van der Waals surface area (Å²) in [4.78, 5) is 37.4. The summed E-state index contributed by atoms with van der Waals surface area (Å²) in [5.74, 6) is -1.22. The third-order valence-corrected chi connectivity index (χ3v) is 4.93. The van der Waals surface area contributed by atoms with Gasteiger partial charge < -0.3 is 4.74 Å². The van der Waals surface area contributed by atoms with Crippen molar-refractivity contribution in [1.29, 1.82) is 0 Å². The zero-order chi connectivity index (χ0) is 21.3. The maximum atomic E-state index is 13.2. The molecule has 1 aliphatic rings. The summed E-state index contributed by atoms with van der Waals surface area (Å²) < 4.78 is 4.84. The van der Waals surface area contributed by atoms with E-state index in [0.29, 0.717) is 16.4 Å². The van der Waals surface area contributed by atoms with E-state index >= 15 is 0 Å². The van der Waals surface area contributed by atoms with Gasteiger partial charge in [-0.2, -0.15) is 0 Å². The van der Waals surface area contributed by atoms with Gasteiger partial charge in [0.05, 0.1) is 28.9 Å². The number of benzene rings is 2. The molecule has 0 bridgehead atoms. The van der Waals surface area contributed by atoms with Crippen LogP contribution < -0.4 is 4.90 Å². The van der Waals surface area contributed by atoms with Crippen LogP contribution in [0.5, 0.6) is 0 Å². The first-order valence-electron chi connectivity index (χ1n) is 8.29. The molecule has 148 valence electrons. The Hall–Kier alpha value is -3.16. The predicted octanol–water partition coefficient (Wildman–Crippen LogP) is 4.78. The number of hydrogen-bond acceptors (Lipinski definition) is 5. The number of allylic oxidation sites excluding steroid dienone is 1. The average molecular weight is 433 g/mol. The van der Waals surface area contributed by atoms with Gasteiger partial charge in [-0.1, -0.05) is 29.3 Å². The molecule has 2 aromatic rings. The van der Waals surface area contributed by atoms with Gasteiger partial charge in [0, 0.05) is 33.4 Å². The Morgan fingerprint density at radius 3 is 2.55 bits per heavy atom. The summed E-state index contributed by atoms with van der Waals surface area (Å²) in [5, 5.41) is 11.7. The summed E-state index contributed by atoms with van der Waals surface area (Å²) in [7, 11) is 1.20. The molecule has 3 rings (SSSR count). The lowest BCUT2D eigenvalue weighted by molar-refractivity contribution is -0.384. The Morgan fingerprint density at radius 2 is 1.93 bits per heavy atom. The van der Waals surface area contributed by atoms with Crippen LogP contribution in [-0.2, 0) is 14.3 Å². The third kappa shape index (κ3) is 3.87. The molecule has 2 aromatic carbocycles. The SMILES string of the molecule is COC(=O)C1=C(C)N(c2cccc(Cl)c2)C(=O)/C1=C\c1cc([N+](=O)[O-])ccc1Cl. The molecule has 1 aliphatic heterocycles. The van der Waals surface area contributed by atoms with Crippen LogP contribution in [-0.4, -0.2) is 23.9 Å². The Balaban J connectivity index is 2.19. The number of nitro benzene ring substituents is 1. The second kappa shape index (κ2) is 8.06. The number of ether oxygens (including phenoxy) is 1. The third-order valence-electron chi connectivity index (χ3n) is 4.35. The first-order valence-corrected chi connectivity index (χ1v) is 9.05. The minimum absolute atomic E-state index is 0.0109. The molecule has 1 heterocycles. The molecule has 0 N–H and O–H groups in total. The normalized spacial score (nSPS) is 15.2. The first kappa shape index (κ1) is 20.6. The van der Waals surface area contributed by atoms with E-state index in [-0.39, 0.29) is 27.4 Å². The van der Waals surface area contributed by atoms with E-state index in [1.165, 1.54) is 36.3 Å². The number of halogens is 2. The van der Waals surface area contributed by atoms with Crippen molar-refractivity contribution in [2.24, 2.45) is 0 Å². The summed E-state index contributed by atoms with van der Waals surface area (Å²) >= 11 is 12.2. The van der Waals surface area contributed by atoms with Crippen molar-refractivity contribution in [3.63, 3.8) is 0 Å². The van der Waals surface area contributed by atoms with Gasteiger partial charge in [0.2, 0.25) is 0 Å². The number of carbonyl (C=O) groups excluding carboxylic acids is 2. The lowest BCUT2D eigenvalue weighted by Gasteiger charge is -2.18. The minimum Gasteiger partial charge on any atom is -0.465 e. The molecule has 29 heavy (non-hydrogen) atoms. The summed E-state index contributed by atoms with van der Waals surface area (Å²) in [6.45, 7) is 1.60. The second-order valence-corrected chi connectivity index (χ2v) is 6.94. The van der Waals surface area contributed by atoms with Gasteiger partial charge in [-0.25, -0.2) is 4.79 Å². The molecule has 0 aliphatic carbocycles. The molecular formula is C20H14Cl2N2O5. The van der Waals surface area contributed by atoms with E-state index in [1.807, 2.05) is 0 Å². The molecule has 0 unspecified atom stereocenters. The number of amides is 1. The van der Waals surface area contributed by atoms with Crippen LogP contribution in [0.3, 0.4) is 0 Å². The van der Waals surface area contributed by atoms with Crippen molar-refractivity contribution in [3.05, 3.63) is 85.0 Å². The van der Waals surface area contributed by atoms with Gasteiger partial charge in [-0.3, -0.25) is 19.8 Å². The molecule has 9 heteroatoms. The number of methoxy groups -OCH3 is 1. The van der Waals surface area contributed by atoms with Crippen molar-refractivity contribution < 1.29 is 19.2 Å². The second-order valence-electron chi connectivity index (χ2n) is 6.09. The van der Waals surface area contributed by atoms with Crippen LogP contribution in [0.25, 0.3) is 6.08 Å². The number of non-ortho nitro benzene ring substituents is 1. The van der Waals surface area contributed by atoms with Gasteiger partial charge in [-0.15, -0.1) is 0 Å². The van der Waals surface area contributed by atoms with Crippen molar-refractivity contribution in [1.82, 2.24) is 0 Å². The van der Waals surface area contributed by atoms with Crippen LogP contribution in [0.15, 0.2) is 59.3 Å². The molecule has 0 radical (unpaired) electrons. The highest BCUT2D eigenvalue weighted by molar-refractivity contribution is 6.33. The number of esters is 1. The van der Waals surface area contributed by atoms with Gasteiger partial charge in [-0.05, 0) is 37.3 Å². The summed E-state index contributed by atoms with van der Waals surface area (Å²) in [6.07, 6.45) is 1.35. The summed E-state index contributed by atoms with van der Waals surface area (Å²) in [5.41, 5.74) is 0.897. The molecule has 0 spiro atoms. The van der Waals surface area contributed by atoms with Gasteiger partial charge >= 0.3 is 5.97 Å². The molecule has 0 atom stereocenters. The number of hydrogen-bond donors (Lipinski definition) is 0. The van der Waals surface area contributed by atoms with Gasteiger partial charge in [0.1, 0.15) is 0 Å². The van der Waals surface area contributed by atoms with E-state index < -0.39 is 16.8 Å². The molecule has 0 saturated heterocycles. The van der Waals surface area contributed by atoms with E-state index in [4.69, 9.17) is 27.9 Å². The Labute approximate surface area is 175 Å². The fraction of sp³-hybridized carbons (Fsp3) is 0.100. The van der Waals surface area contributed by atoms with E-state index in [1.54, 1.807) is 31.2 Å². The van der Waals surface area contributed by atoms with Gasteiger partial charge in [0.25, 0.3) is 11.6 Å². The topological polar surface area (TPSA) is 89.8 Å². The van der Waals surface area contributed by atoms with E-state index in [2.05, 4.69) is 0 Å². The van der Waals surface area contributed by atoms with Crippen molar-refractivity contribution in [2.75, 3.05) is 12.0 Å². The fourth-order valence-corrected chi connectivity index (χ4v) is 3.37. The van der Waals surface area contributed by atoms with Crippen LogP contribution >= 0.6 is 23.2 Å². The number of nitrogens with zero attached hydrogens (tertiary/aromatic N) is 2. The van der Waals surface area contributed by atoms with E-state index in [9.17, 15) is 19.7 Å². The van der Waals surface area contributed by atoms with Crippen LogP contribution in [0.4, 0.5) is 11.4 Å². The minimum atomic E-state index is -0.715. The highest BCUT2D eigenvalue weighted by Gasteiger charge is 2.38. The lowest BCUT2D eigenvalue weighted by Crippen LogP contribution is -2.24. The predicted molar refractivity (Wildman–Crippen MR) is 110 cm³/mol. The maximum Gasteiger partial charge on any atom is 0.340 e. The Kier molecular flexibility index (Phi) is 5.72. The number of anilines is 1. The Morgan fingerprint density at radius 1 is 1.21 bits per heavy atom. The van der Waals surface area contributed by atoms with Crippen LogP contribution in [0, 0.1) is 10.1 Å². The standard InChI is InChI=1S/C20H14Cl2N2O5/c1-11-18(20(26)29-2)16(9-12-8-15(24(27)28)6-7-17(12)22)19(25)23(11)14-5-3-4-13(21)10-14/h3-10H,1-2H3/b16-9-. The smallest absolute Gasteiger partial charge is 0.340 e. The Bertz CT molecular complexity index is 1110. The molecule has 0 fully saturated rings. The maximum absolute atomic E-state index is 13.2. The van der Waals surface area contributed by atoms with Crippen molar-refractivity contribution in [2.45, 2.75) is 6.92 Å². The van der Waals surface area contributed by atoms with Crippen LogP contribution in [0.1, 0.15) is 12.5 Å². The van der Waals surface area contributed by atoms with Gasteiger partial charge in [0.15, 0.2) is 0 Å². The molecule has 1 amide bonds.